The van der Waals surface area contributed by atoms with Gasteiger partial charge in [-0.15, -0.1) is 0 Å². The molecule has 1 unspecified atom stereocenters. The summed E-state index contributed by atoms with van der Waals surface area (Å²) in [7, 11) is 0. The molecule has 0 saturated heterocycles. The Balaban J connectivity index is 1.89. The topological polar surface area (TPSA) is 41.1 Å². The minimum Gasteiger partial charge on any atom is -0.365 e. The van der Waals surface area contributed by atoms with Crippen LogP contribution >= 0.6 is 0 Å². The van der Waals surface area contributed by atoms with Crippen LogP contribution in [0.2, 0.25) is 0 Å². The second-order valence-corrected chi connectivity index (χ2v) is 4.72. The van der Waals surface area contributed by atoms with E-state index >= 15 is 0 Å². The highest BCUT2D eigenvalue weighted by atomic mass is 16.1. The number of rotatable bonds is 6. The van der Waals surface area contributed by atoms with Gasteiger partial charge in [-0.05, 0) is 30.2 Å². The van der Waals surface area contributed by atoms with Crippen LogP contribution in [0.3, 0.4) is 0 Å². The van der Waals surface area contributed by atoms with Crippen molar-refractivity contribution < 1.29 is 4.79 Å². The van der Waals surface area contributed by atoms with Crippen molar-refractivity contribution in [1.82, 2.24) is 5.32 Å². The van der Waals surface area contributed by atoms with E-state index < -0.39 is 0 Å². The maximum absolute atomic E-state index is 11.9. The Kier molecular flexibility index (Phi) is 5.59. The van der Waals surface area contributed by atoms with E-state index in [9.17, 15) is 4.79 Å². The van der Waals surface area contributed by atoms with Gasteiger partial charge in [-0.2, -0.15) is 0 Å². The Labute approximate surface area is 125 Å². The first kappa shape index (κ1) is 14.9. The largest absolute Gasteiger partial charge is 0.365 e. The van der Waals surface area contributed by atoms with E-state index in [0.29, 0.717) is 0 Å². The number of nitrogens with one attached hydrogen (secondary N) is 2. The van der Waals surface area contributed by atoms with E-state index in [1.54, 1.807) is 6.08 Å². The van der Waals surface area contributed by atoms with Crippen LogP contribution in [-0.4, -0.2) is 12.1 Å². The third-order valence-electron chi connectivity index (χ3n) is 3.07. The van der Waals surface area contributed by atoms with Gasteiger partial charge in [0, 0.05) is 11.8 Å². The molecule has 0 aliphatic rings. The Morgan fingerprint density at radius 3 is 2.29 bits per heavy atom. The summed E-state index contributed by atoms with van der Waals surface area (Å²) >= 11 is 0. The maximum atomic E-state index is 11.9. The van der Waals surface area contributed by atoms with Crippen molar-refractivity contribution >= 4 is 17.7 Å². The Morgan fingerprint density at radius 2 is 1.67 bits per heavy atom. The van der Waals surface area contributed by atoms with E-state index in [-0.39, 0.29) is 12.1 Å². The first-order valence-corrected chi connectivity index (χ1v) is 7.13. The second kappa shape index (κ2) is 7.90. The standard InChI is InChI=1S/C18H20N2O/c1-2-17(19-16-11-7-4-8-12-16)20-18(21)14-13-15-9-5-3-6-10-15/h3-14,17,19H,2H2,1H3,(H,20,21)/b14-13+. The maximum Gasteiger partial charge on any atom is 0.245 e. The molecule has 2 aromatic carbocycles. The SMILES string of the molecule is CCC(NC(=O)/C=C/c1ccccc1)Nc1ccccc1. The third-order valence-corrected chi connectivity index (χ3v) is 3.07. The van der Waals surface area contributed by atoms with Gasteiger partial charge in [0.2, 0.25) is 5.91 Å². The molecular weight excluding hydrogens is 260 g/mol. The van der Waals surface area contributed by atoms with Gasteiger partial charge in [0.15, 0.2) is 0 Å². The van der Waals surface area contributed by atoms with Gasteiger partial charge < -0.3 is 10.6 Å². The van der Waals surface area contributed by atoms with Crippen molar-refractivity contribution in [1.29, 1.82) is 0 Å². The van der Waals surface area contributed by atoms with Crippen LogP contribution in [-0.2, 0) is 4.79 Å². The number of carbonyl (C=O) groups is 1. The molecule has 1 amide bonds. The van der Waals surface area contributed by atoms with E-state index in [0.717, 1.165) is 17.7 Å². The lowest BCUT2D eigenvalue weighted by Gasteiger charge is -2.18. The molecule has 0 fully saturated rings. The van der Waals surface area contributed by atoms with Gasteiger partial charge in [0.25, 0.3) is 0 Å². The lowest BCUT2D eigenvalue weighted by molar-refractivity contribution is -0.116. The zero-order valence-electron chi connectivity index (χ0n) is 12.1. The number of benzene rings is 2. The van der Waals surface area contributed by atoms with Crippen molar-refractivity contribution in [2.24, 2.45) is 0 Å². The number of anilines is 1. The van der Waals surface area contributed by atoms with Crippen molar-refractivity contribution in [2.75, 3.05) is 5.32 Å². The van der Waals surface area contributed by atoms with Crippen LogP contribution < -0.4 is 10.6 Å². The number of para-hydroxylation sites is 1. The highest BCUT2D eigenvalue weighted by Crippen LogP contribution is 2.07. The lowest BCUT2D eigenvalue weighted by Crippen LogP contribution is -2.39. The Hall–Kier alpha value is -2.55. The van der Waals surface area contributed by atoms with Crippen molar-refractivity contribution in [2.45, 2.75) is 19.5 Å². The number of carbonyl (C=O) groups excluding carboxylic acids is 1. The predicted octanol–water partition coefficient (Wildman–Crippen LogP) is 3.66. The molecule has 0 heterocycles. The van der Waals surface area contributed by atoms with E-state index in [2.05, 4.69) is 10.6 Å². The number of hydrogen-bond donors (Lipinski definition) is 2. The van der Waals surface area contributed by atoms with Crippen molar-refractivity contribution in [3.05, 3.63) is 72.3 Å². The molecule has 0 aromatic heterocycles. The fourth-order valence-corrected chi connectivity index (χ4v) is 1.93. The molecule has 0 aliphatic carbocycles. The molecule has 2 aromatic rings. The third kappa shape index (κ3) is 5.15. The summed E-state index contributed by atoms with van der Waals surface area (Å²) in [6, 6.07) is 19.6. The molecule has 2 rings (SSSR count). The molecule has 3 nitrogen and oxygen atoms in total. The van der Waals surface area contributed by atoms with Crippen LogP contribution in [0.5, 0.6) is 0 Å². The molecule has 0 radical (unpaired) electrons. The molecule has 21 heavy (non-hydrogen) atoms. The van der Waals surface area contributed by atoms with Crippen LogP contribution in [0.25, 0.3) is 6.08 Å². The average Bonchev–Trinajstić information content (AvgIpc) is 2.54. The normalized spacial score (nSPS) is 12.0. The number of amides is 1. The summed E-state index contributed by atoms with van der Waals surface area (Å²) in [5.41, 5.74) is 2.01. The average molecular weight is 280 g/mol. The molecule has 108 valence electrons. The van der Waals surface area contributed by atoms with Crippen molar-refractivity contribution in [3.8, 4) is 0 Å². The first-order valence-electron chi connectivity index (χ1n) is 7.13. The summed E-state index contributed by atoms with van der Waals surface area (Å²) in [6.45, 7) is 2.03. The Morgan fingerprint density at radius 1 is 1.05 bits per heavy atom. The molecule has 3 heteroatoms. The van der Waals surface area contributed by atoms with Gasteiger partial charge in [-0.25, -0.2) is 0 Å². The fraction of sp³-hybridized carbons (Fsp3) is 0.167. The fourth-order valence-electron chi connectivity index (χ4n) is 1.93. The summed E-state index contributed by atoms with van der Waals surface area (Å²) in [5.74, 6) is -0.103. The Bertz CT molecular complexity index is 579. The van der Waals surface area contributed by atoms with Gasteiger partial charge in [-0.1, -0.05) is 55.5 Å². The molecule has 0 bridgehead atoms. The monoisotopic (exact) mass is 280 g/mol. The molecule has 0 spiro atoms. The minimum absolute atomic E-state index is 0.0830. The molecule has 0 aliphatic heterocycles. The summed E-state index contributed by atoms with van der Waals surface area (Å²) in [4.78, 5) is 11.9. The minimum atomic E-state index is -0.103. The van der Waals surface area contributed by atoms with Crippen molar-refractivity contribution in [3.63, 3.8) is 0 Å². The lowest BCUT2D eigenvalue weighted by atomic mass is 10.2. The van der Waals surface area contributed by atoms with Gasteiger partial charge in [0.1, 0.15) is 0 Å². The van der Waals surface area contributed by atoms with E-state index in [1.807, 2.05) is 73.7 Å². The second-order valence-electron chi connectivity index (χ2n) is 4.72. The van der Waals surface area contributed by atoms with Gasteiger partial charge >= 0.3 is 0 Å². The highest BCUT2D eigenvalue weighted by molar-refractivity contribution is 5.92. The number of hydrogen-bond acceptors (Lipinski definition) is 2. The van der Waals surface area contributed by atoms with Crippen LogP contribution in [0, 0.1) is 0 Å². The highest BCUT2D eigenvalue weighted by Gasteiger charge is 2.07. The molecular formula is C18H20N2O. The zero-order valence-corrected chi connectivity index (χ0v) is 12.1. The van der Waals surface area contributed by atoms with E-state index in [4.69, 9.17) is 0 Å². The van der Waals surface area contributed by atoms with Gasteiger partial charge in [-0.3, -0.25) is 4.79 Å². The molecule has 2 N–H and O–H groups in total. The summed E-state index contributed by atoms with van der Waals surface area (Å²) < 4.78 is 0. The van der Waals surface area contributed by atoms with Crippen LogP contribution in [0.15, 0.2) is 66.7 Å². The summed E-state index contributed by atoms with van der Waals surface area (Å²) in [5, 5.41) is 6.24. The van der Waals surface area contributed by atoms with Crippen LogP contribution in [0.4, 0.5) is 5.69 Å². The first-order chi connectivity index (χ1) is 10.3. The zero-order chi connectivity index (χ0) is 14.9. The molecule has 1 atom stereocenters. The quantitative estimate of drug-likeness (QED) is 0.626. The smallest absolute Gasteiger partial charge is 0.245 e. The summed E-state index contributed by atoms with van der Waals surface area (Å²) in [6.07, 6.45) is 4.09. The predicted molar refractivity (Wildman–Crippen MR) is 87.8 cm³/mol. The van der Waals surface area contributed by atoms with Gasteiger partial charge in [0.05, 0.1) is 6.17 Å². The molecule has 0 saturated carbocycles. The van der Waals surface area contributed by atoms with E-state index in [1.165, 1.54) is 0 Å². The van der Waals surface area contributed by atoms with Crippen LogP contribution in [0.1, 0.15) is 18.9 Å².